The molecular weight excluding hydrogens is 234 g/mol. The van der Waals surface area contributed by atoms with E-state index in [-0.39, 0.29) is 12.1 Å². The van der Waals surface area contributed by atoms with Crippen molar-refractivity contribution in [3.63, 3.8) is 0 Å². The van der Waals surface area contributed by atoms with E-state index in [4.69, 9.17) is 9.47 Å². The minimum absolute atomic E-state index is 0.273. The number of pyridine rings is 1. The van der Waals surface area contributed by atoms with Crippen LogP contribution in [-0.4, -0.2) is 37.6 Å². The van der Waals surface area contributed by atoms with Crippen LogP contribution in [0.3, 0.4) is 0 Å². The molecule has 2 N–H and O–H groups in total. The summed E-state index contributed by atoms with van der Waals surface area (Å²) in [5.74, 6) is 0.506. The Kier molecular flexibility index (Phi) is 5.54. The predicted molar refractivity (Wildman–Crippen MR) is 68.4 cm³/mol. The van der Waals surface area contributed by atoms with Crippen molar-refractivity contribution >= 4 is 11.8 Å². The third kappa shape index (κ3) is 4.31. The maximum atomic E-state index is 11.7. The van der Waals surface area contributed by atoms with E-state index in [9.17, 15) is 4.79 Å². The maximum Gasteiger partial charge on any atom is 0.320 e. The lowest BCUT2D eigenvalue weighted by molar-refractivity contribution is -0.117. The van der Waals surface area contributed by atoms with E-state index < -0.39 is 6.29 Å². The van der Waals surface area contributed by atoms with Crippen molar-refractivity contribution in [1.29, 1.82) is 0 Å². The fourth-order valence-corrected chi connectivity index (χ4v) is 1.54. The van der Waals surface area contributed by atoms with Crippen LogP contribution in [0, 0.1) is 6.92 Å². The van der Waals surface area contributed by atoms with Crippen LogP contribution in [0.15, 0.2) is 18.2 Å². The van der Waals surface area contributed by atoms with Crippen molar-refractivity contribution in [3.8, 4) is 0 Å². The second kappa shape index (κ2) is 6.93. The van der Waals surface area contributed by atoms with Crippen molar-refractivity contribution in [2.24, 2.45) is 0 Å². The Balaban J connectivity index is 2.51. The number of urea groups is 1. The molecular formula is C12H19N3O3. The summed E-state index contributed by atoms with van der Waals surface area (Å²) in [6, 6.07) is 4.79. The largest absolute Gasteiger partial charge is 0.354 e. The highest BCUT2D eigenvalue weighted by molar-refractivity contribution is 5.88. The fraction of sp³-hybridized carbons (Fsp3) is 0.500. The Morgan fingerprint density at radius 1 is 1.33 bits per heavy atom. The van der Waals surface area contributed by atoms with Crippen molar-refractivity contribution in [3.05, 3.63) is 23.9 Å². The number of amides is 2. The summed E-state index contributed by atoms with van der Waals surface area (Å²) in [6.07, 6.45) is -0.485. The minimum atomic E-state index is -0.485. The first-order valence-corrected chi connectivity index (χ1v) is 5.63. The monoisotopic (exact) mass is 253 g/mol. The van der Waals surface area contributed by atoms with E-state index in [0.29, 0.717) is 5.82 Å². The van der Waals surface area contributed by atoms with Crippen LogP contribution in [0.5, 0.6) is 0 Å². The first kappa shape index (κ1) is 14.4. The molecule has 6 nitrogen and oxygen atoms in total. The second-order valence-corrected chi connectivity index (χ2v) is 3.89. The lowest BCUT2D eigenvalue weighted by Gasteiger charge is -2.22. The number of nitrogens with one attached hydrogen (secondary N) is 2. The Bertz CT molecular complexity index is 394. The molecule has 1 heterocycles. The van der Waals surface area contributed by atoms with Crippen LogP contribution < -0.4 is 10.6 Å². The quantitative estimate of drug-likeness (QED) is 0.780. The van der Waals surface area contributed by atoms with Crippen LogP contribution >= 0.6 is 0 Å². The zero-order chi connectivity index (χ0) is 13.5. The summed E-state index contributed by atoms with van der Waals surface area (Å²) in [7, 11) is 3.04. The van der Waals surface area contributed by atoms with Gasteiger partial charge in [0, 0.05) is 19.9 Å². The molecule has 0 fully saturated rings. The molecule has 0 saturated heterocycles. The molecule has 0 aromatic carbocycles. The number of carbonyl (C=O) groups excluding carboxylic acids is 1. The molecule has 100 valence electrons. The third-order valence-corrected chi connectivity index (χ3v) is 2.36. The van der Waals surface area contributed by atoms with Gasteiger partial charge in [-0.05, 0) is 26.0 Å². The summed E-state index contributed by atoms with van der Waals surface area (Å²) < 4.78 is 10.1. The number of hydrogen-bond acceptors (Lipinski definition) is 4. The van der Waals surface area contributed by atoms with Crippen LogP contribution in [-0.2, 0) is 9.47 Å². The fourth-order valence-electron chi connectivity index (χ4n) is 1.54. The molecule has 6 heteroatoms. The molecule has 0 aliphatic carbocycles. The molecule has 1 atom stereocenters. The SMILES string of the molecule is COC(OC)[C@@H](C)NC(=O)Nc1cccc(C)n1. The van der Waals surface area contributed by atoms with Gasteiger partial charge in [-0.25, -0.2) is 9.78 Å². The standard InChI is InChI=1S/C12H19N3O3/c1-8-6-5-7-10(13-8)15-12(16)14-9(2)11(17-3)18-4/h5-7,9,11H,1-4H3,(H2,13,14,15,16)/t9-/m1/s1. The van der Waals surface area contributed by atoms with Crippen molar-refractivity contribution in [2.75, 3.05) is 19.5 Å². The highest BCUT2D eigenvalue weighted by atomic mass is 16.7. The highest BCUT2D eigenvalue weighted by Gasteiger charge is 2.17. The molecule has 0 bridgehead atoms. The second-order valence-electron chi connectivity index (χ2n) is 3.89. The summed E-state index contributed by atoms with van der Waals surface area (Å²) in [6.45, 7) is 3.65. The molecule has 0 unspecified atom stereocenters. The van der Waals surface area contributed by atoms with E-state index in [0.717, 1.165) is 5.69 Å². The Labute approximate surface area is 107 Å². The summed E-state index contributed by atoms with van der Waals surface area (Å²) >= 11 is 0. The van der Waals surface area contributed by atoms with E-state index in [1.54, 1.807) is 13.0 Å². The number of carbonyl (C=O) groups is 1. The molecule has 1 aromatic heterocycles. The summed E-state index contributed by atoms with van der Waals surface area (Å²) in [5.41, 5.74) is 0.840. The molecule has 0 radical (unpaired) electrons. The average molecular weight is 253 g/mol. The van der Waals surface area contributed by atoms with Gasteiger partial charge in [0.2, 0.25) is 0 Å². The lowest BCUT2D eigenvalue weighted by Crippen LogP contribution is -2.44. The number of aromatic nitrogens is 1. The first-order chi connectivity index (χ1) is 8.56. The van der Waals surface area contributed by atoms with Crippen LogP contribution in [0.2, 0.25) is 0 Å². The van der Waals surface area contributed by atoms with Gasteiger partial charge in [0.05, 0.1) is 6.04 Å². The summed E-state index contributed by atoms with van der Waals surface area (Å²) in [5, 5.41) is 5.35. The van der Waals surface area contributed by atoms with E-state index in [1.165, 1.54) is 14.2 Å². The number of rotatable bonds is 5. The molecule has 0 spiro atoms. The zero-order valence-electron chi connectivity index (χ0n) is 11.1. The average Bonchev–Trinajstić information content (AvgIpc) is 2.30. The first-order valence-electron chi connectivity index (χ1n) is 5.63. The van der Waals surface area contributed by atoms with Gasteiger partial charge in [-0.3, -0.25) is 5.32 Å². The van der Waals surface area contributed by atoms with Crippen molar-refractivity contribution in [1.82, 2.24) is 10.3 Å². The topological polar surface area (TPSA) is 72.5 Å². The van der Waals surface area contributed by atoms with Gasteiger partial charge < -0.3 is 14.8 Å². The van der Waals surface area contributed by atoms with Crippen LogP contribution in [0.4, 0.5) is 10.6 Å². The van der Waals surface area contributed by atoms with Gasteiger partial charge >= 0.3 is 6.03 Å². The zero-order valence-corrected chi connectivity index (χ0v) is 11.1. The Morgan fingerprint density at radius 2 is 2.00 bits per heavy atom. The van der Waals surface area contributed by atoms with Crippen LogP contribution in [0.25, 0.3) is 0 Å². The molecule has 0 aliphatic rings. The predicted octanol–water partition coefficient (Wildman–Crippen LogP) is 1.52. The number of aryl methyl sites for hydroxylation is 1. The Morgan fingerprint density at radius 3 is 2.56 bits per heavy atom. The van der Waals surface area contributed by atoms with Gasteiger partial charge in [-0.15, -0.1) is 0 Å². The summed E-state index contributed by atoms with van der Waals surface area (Å²) in [4.78, 5) is 15.9. The van der Waals surface area contributed by atoms with Crippen molar-refractivity contribution < 1.29 is 14.3 Å². The van der Waals surface area contributed by atoms with Gasteiger partial charge in [0.25, 0.3) is 0 Å². The lowest BCUT2D eigenvalue weighted by atomic mass is 10.3. The molecule has 0 saturated carbocycles. The molecule has 1 rings (SSSR count). The highest BCUT2D eigenvalue weighted by Crippen LogP contribution is 2.04. The smallest absolute Gasteiger partial charge is 0.320 e. The molecule has 1 aromatic rings. The van der Waals surface area contributed by atoms with Crippen molar-refractivity contribution in [2.45, 2.75) is 26.2 Å². The van der Waals surface area contributed by atoms with Gasteiger partial charge in [0.1, 0.15) is 5.82 Å². The molecule has 18 heavy (non-hydrogen) atoms. The molecule has 0 aliphatic heterocycles. The number of nitrogens with zero attached hydrogens (tertiary/aromatic N) is 1. The van der Waals surface area contributed by atoms with Gasteiger partial charge in [-0.1, -0.05) is 6.07 Å². The number of ether oxygens (including phenoxy) is 2. The minimum Gasteiger partial charge on any atom is -0.354 e. The number of methoxy groups -OCH3 is 2. The Hall–Kier alpha value is -1.66. The number of anilines is 1. The van der Waals surface area contributed by atoms with Gasteiger partial charge in [0.15, 0.2) is 6.29 Å². The van der Waals surface area contributed by atoms with E-state index in [2.05, 4.69) is 15.6 Å². The maximum absolute atomic E-state index is 11.7. The van der Waals surface area contributed by atoms with E-state index in [1.807, 2.05) is 19.1 Å². The molecule has 2 amide bonds. The van der Waals surface area contributed by atoms with Gasteiger partial charge in [-0.2, -0.15) is 0 Å². The third-order valence-electron chi connectivity index (χ3n) is 2.36. The normalized spacial score (nSPS) is 12.3. The van der Waals surface area contributed by atoms with E-state index >= 15 is 0 Å². The number of hydrogen-bond donors (Lipinski definition) is 2. The van der Waals surface area contributed by atoms with Crippen LogP contribution in [0.1, 0.15) is 12.6 Å².